The van der Waals surface area contributed by atoms with Gasteiger partial charge in [-0.3, -0.25) is 9.88 Å². The summed E-state index contributed by atoms with van der Waals surface area (Å²) in [6, 6.07) is 10.3. The fourth-order valence-corrected chi connectivity index (χ4v) is 5.60. The second kappa shape index (κ2) is 8.11. The summed E-state index contributed by atoms with van der Waals surface area (Å²) in [6.07, 6.45) is 4.93. The molecule has 3 heterocycles. The van der Waals surface area contributed by atoms with Crippen molar-refractivity contribution >= 4 is 6.09 Å². The zero-order valence-corrected chi connectivity index (χ0v) is 20.5. The lowest BCUT2D eigenvalue weighted by molar-refractivity contribution is -0.127. The highest BCUT2D eigenvalue weighted by atomic mass is 16.6. The van der Waals surface area contributed by atoms with Crippen LogP contribution in [0, 0.1) is 17.3 Å². The van der Waals surface area contributed by atoms with Crippen LogP contribution in [0.25, 0.3) is 0 Å². The molecule has 1 atom stereocenters. The van der Waals surface area contributed by atoms with Crippen molar-refractivity contribution in [3.8, 4) is 11.8 Å². The number of cyclic esters (lactones) is 1. The number of aromatic nitrogens is 1. The molecule has 1 aromatic carbocycles. The number of aliphatic hydroxyl groups is 1. The van der Waals surface area contributed by atoms with E-state index in [2.05, 4.69) is 73.8 Å². The van der Waals surface area contributed by atoms with Crippen LogP contribution in [0.2, 0.25) is 0 Å². The largest absolute Gasteiger partial charge is 0.447 e. The first-order valence-electron chi connectivity index (χ1n) is 12.1. The van der Waals surface area contributed by atoms with Crippen LogP contribution < -0.4 is 0 Å². The van der Waals surface area contributed by atoms with Gasteiger partial charge in [-0.1, -0.05) is 56.9 Å². The van der Waals surface area contributed by atoms with Crippen LogP contribution in [0.4, 0.5) is 4.79 Å². The van der Waals surface area contributed by atoms with Crippen molar-refractivity contribution in [1.82, 2.24) is 14.8 Å². The van der Waals surface area contributed by atoms with E-state index in [4.69, 9.17) is 4.74 Å². The zero-order valence-electron chi connectivity index (χ0n) is 20.5. The maximum Gasteiger partial charge on any atom is 0.411 e. The van der Waals surface area contributed by atoms with Crippen LogP contribution in [0.5, 0.6) is 0 Å². The van der Waals surface area contributed by atoms with Gasteiger partial charge in [-0.25, -0.2) is 4.79 Å². The Morgan fingerprint density at radius 2 is 1.85 bits per heavy atom. The molecule has 5 rings (SSSR count). The molecule has 1 amide bonds. The van der Waals surface area contributed by atoms with Crippen LogP contribution in [0.3, 0.4) is 0 Å². The zero-order chi connectivity index (χ0) is 24.1. The fourth-order valence-electron chi connectivity index (χ4n) is 5.60. The number of carbonyl (C=O) groups is 1. The van der Waals surface area contributed by atoms with Crippen molar-refractivity contribution < 1.29 is 14.6 Å². The molecule has 2 aromatic rings. The summed E-state index contributed by atoms with van der Waals surface area (Å²) in [7, 11) is 2.07. The molecule has 3 fully saturated rings. The molecule has 0 radical (unpaired) electrons. The Hall–Kier alpha value is -2.88. The molecule has 1 aromatic heterocycles. The van der Waals surface area contributed by atoms with E-state index in [-0.39, 0.29) is 11.5 Å². The highest BCUT2D eigenvalue weighted by molar-refractivity contribution is 5.72. The Balaban J connectivity index is 1.51. The number of carbonyl (C=O) groups excluding carboxylic acids is 1. The first kappa shape index (κ1) is 22.9. The van der Waals surface area contributed by atoms with Crippen LogP contribution in [-0.2, 0) is 10.3 Å². The van der Waals surface area contributed by atoms with Crippen molar-refractivity contribution in [2.45, 2.75) is 50.7 Å². The number of nitrogens with zero attached hydrogens (tertiary/aromatic N) is 3. The highest BCUT2D eigenvalue weighted by Gasteiger charge is 2.55. The van der Waals surface area contributed by atoms with Crippen molar-refractivity contribution in [3.63, 3.8) is 0 Å². The summed E-state index contributed by atoms with van der Waals surface area (Å²) in [5.74, 6) is 6.99. The second-order valence-corrected chi connectivity index (χ2v) is 10.7. The minimum absolute atomic E-state index is 0.278. The van der Waals surface area contributed by atoms with E-state index in [9.17, 15) is 9.90 Å². The summed E-state index contributed by atoms with van der Waals surface area (Å²) in [5, 5.41) is 12.4. The maximum atomic E-state index is 12.4. The van der Waals surface area contributed by atoms with Gasteiger partial charge in [0.25, 0.3) is 0 Å². The lowest BCUT2D eigenvalue weighted by atomic mass is 9.62. The monoisotopic (exact) mass is 459 g/mol. The van der Waals surface area contributed by atoms with E-state index in [1.54, 1.807) is 17.3 Å². The molecule has 6 heteroatoms. The summed E-state index contributed by atoms with van der Waals surface area (Å²) in [5.41, 5.74) is 1.63. The molecule has 3 aliphatic rings. The predicted octanol–water partition coefficient (Wildman–Crippen LogP) is 3.73. The van der Waals surface area contributed by atoms with Crippen molar-refractivity contribution in [2.24, 2.45) is 5.41 Å². The minimum Gasteiger partial charge on any atom is -0.447 e. The van der Waals surface area contributed by atoms with E-state index < -0.39 is 11.1 Å². The third kappa shape index (κ3) is 3.68. The van der Waals surface area contributed by atoms with Gasteiger partial charge >= 0.3 is 6.09 Å². The molecule has 1 aliphatic carbocycles. The molecule has 1 N–H and O–H groups in total. The lowest BCUT2D eigenvalue weighted by Gasteiger charge is -2.55. The number of amides is 1. The Morgan fingerprint density at radius 1 is 1.15 bits per heavy atom. The van der Waals surface area contributed by atoms with Gasteiger partial charge in [-0.15, -0.1) is 0 Å². The molecule has 1 saturated carbocycles. The van der Waals surface area contributed by atoms with Gasteiger partial charge in [0.05, 0.1) is 6.54 Å². The van der Waals surface area contributed by atoms with E-state index in [1.807, 2.05) is 6.07 Å². The van der Waals surface area contributed by atoms with Crippen molar-refractivity contribution in [1.29, 1.82) is 0 Å². The SMILES string of the molecule is CC(C)c1ccc(C(O)(c2cncc(C#CC3(N4CCOC4=O)CC3)c2)C2(C)CN(C)C2)cc1. The Labute approximate surface area is 201 Å². The van der Waals surface area contributed by atoms with E-state index >= 15 is 0 Å². The molecule has 178 valence electrons. The number of benzene rings is 1. The molecule has 1 unspecified atom stereocenters. The normalized spacial score (nSPS) is 22.4. The Kier molecular flexibility index (Phi) is 5.46. The molecular formula is C28H33N3O3. The lowest BCUT2D eigenvalue weighted by Crippen LogP contribution is -2.63. The molecular weight excluding hydrogens is 426 g/mol. The fraction of sp³-hybridized carbons (Fsp3) is 0.500. The van der Waals surface area contributed by atoms with Gasteiger partial charge in [0.1, 0.15) is 17.7 Å². The number of hydrogen-bond donors (Lipinski definition) is 1. The average molecular weight is 460 g/mol. The summed E-state index contributed by atoms with van der Waals surface area (Å²) in [4.78, 5) is 20.5. The standard InChI is InChI=1S/C28H33N3O3/c1-20(2)22-5-7-23(8-6-22)28(33,26(3)18-30(4)19-26)24-15-21(16-29-17-24)9-10-27(11-12-27)31-13-14-34-25(31)32/h5-8,15-17,20,33H,11-14,18-19H2,1-4H3. The van der Waals surface area contributed by atoms with Crippen LogP contribution >= 0.6 is 0 Å². The quantitative estimate of drug-likeness (QED) is 0.691. The average Bonchev–Trinajstić information content (AvgIpc) is 3.47. The van der Waals surface area contributed by atoms with Gasteiger partial charge in [-0.2, -0.15) is 0 Å². The van der Waals surface area contributed by atoms with Gasteiger partial charge < -0.3 is 14.7 Å². The number of ether oxygens (including phenoxy) is 1. The van der Waals surface area contributed by atoms with Gasteiger partial charge in [-0.05, 0) is 43.0 Å². The van der Waals surface area contributed by atoms with Crippen LogP contribution in [-0.4, -0.2) is 64.8 Å². The molecule has 6 nitrogen and oxygen atoms in total. The van der Waals surface area contributed by atoms with Crippen LogP contribution in [0.1, 0.15) is 61.8 Å². The summed E-state index contributed by atoms with van der Waals surface area (Å²) in [6.45, 7) is 9.06. The van der Waals surface area contributed by atoms with Gasteiger partial charge in [0.2, 0.25) is 0 Å². The van der Waals surface area contributed by atoms with E-state index in [0.717, 1.165) is 42.6 Å². The maximum absolute atomic E-state index is 12.4. The molecule has 34 heavy (non-hydrogen) atoms. The first-order chi connectivity index (χ1) is 16.2. The number of likely N-dealkylation sites (tertiary alicyclic amines) is 1. The number of rotatable bonds is 5. The summed E-state index contributed by atoms with van der Waals surface area (Å²) < 4.78 is 5.11. The van der Waals surface area contributed by atoms with E-state index in [1.165, 1.54) is 5.56 Å². The topological polar surface area (TPSA) is 65.9 Å². The molecule has 0 bridgehead atoms. The third-order valence-corrected chi connectivity index (χ3v) is 7.70. The van der Waals surface area contributed by atoms with Gasteiger partial charge in [0.15, 0.2) is 0 Å². The minimum atomic E-state index is -1.20. The molecule has 2 aliphatic heterocycles. The second-order valence-electron chi connectivity index (χ2n) is 10.7. The Bertz CT molecular complexity index is 1150. The molecule has 0 spiro atoms. The van der Waals surface area contributed by atoms with Crippen molar-refractivity contribution in [3.05, 3.63) is 65.0 Å². The Morgan fingerprint density at radius 3 is 2.41 bits per heavy atom. The van der Waals surface area contributed by atoms with Crippen LogP contribution in [0.15, 0.2) is 42.7 Å². The van der Waals surface area contributed by atoms with E-state index in [0.29, 0.717) is 19.1 Å². The summed E-state index contributed by atoms with van der Waals surface area (Å²) >= 11 is 0. The predicted molar refractivity (Wildman–Crippen MR) is 130 cm³/mol. The smallest absolute Gasteiger partial charge is 0.411 e. The molecule has 2 saturated heterocycles. The first-order valence-corrected chi connectivity index (χ1v) is 12.1. The van der Waals surface area contributed by atoms with Crippen molar-refractivity contribution in [2.75, 3.05) is 33.3 Å². The number of hydrogen-bond acceptors (Lipinski definition) is 5. The third-order valence-electron chi connectivity index (χ3n) is 7.70. The number of pyridine rings is 1. The van der Waals surface area contributed by atoms with Gasteiger partial charge in [0, 0.05) is 42.0 Å². The highest BCUT2D eigenvalue weighted by Crippen LogP contribution is 2.50.